The maximum absolute atomic E-state index is 12.8. The summed E-state index contributed by atoms with van der Waals surface area (Å²) in [5.41, 5.74) is 2.45. The van der Waals surface area contributed by atoms with Crippen LogP contribution in [0.4, 0.5) is 13.2 Å². The van der Waals surface area contributed by atoms with Crippen molar-refractivity contribution in [2.45, 2.75) is 44.8 Å². The number of unbranched alkanes of at least 4 members (excludes halogenated alkanes) is 2. The number of piperazine rings is 1. The lowest BCUT2D eigenvalue weighted by atomic mass is 9.95. The number of benzene rings is 2. The quantitative estimate of drug-likeness (QED) is 0.521. The molecule has 6 heteroatoms. The van der Waals surface area contributed by atoms with E-state index in [4.69, 9.17) is 0 Å². The summed E-state index contributed by atoms with van der Waals surface area (Å²) in [6.45, 7) is 6.37. The van der Waals surface area contributed by atoms with E-state index in [1.54, 1.807) is 12.1 Å². The summed E-state index contributed by atoms with van der Waals surface area (Å²) in [5.74, 6) is 0. The first kappa shape index (κ1) is 23.7. The summed E-state index contributed by atoms with van der Waals surface area (Å²) in [4.78, 5) is 2.55. The van der Waals surface area contributed by atoms with Crippen molar-refractivity contribution in [1.82, 2.24) is 10.2 Å². The summed E-state index contributed by atoms with van der Waals surface area (Å²) in [6.07, 6.45) is 0.518. The lowest BCUT2D eigenvalue weighted by molar-refractivity contribution is -0.137. The van der Waals surface area contributed by atoms with Crippen molar-refractivity contribution in [3.8, 4) is 11.1 Å². The van der Waals surface area contributed by atoms with Gasteiger partial charge < -0.3 is 5.32 Å². The molecule has 0 spiro atoms. The Morgan fingerprint density at radius 3 is 1.97 bits per heavy atom. The van der Waals surface area contributed by atoms with Gasteiger partial charge in [0, 0.05) is 32.2 Å². The van der Waals surface area contributed by atoms with Gasteiger partial charge in [0.2, 0.25) is 0 Å². The molecule has 0 aliphatic carbocycles. The highest BCUT2D eigenvalue weighted by molar-refractivity contribution is 5.85. The van der Waals surface area contributed by atoms with Crippen LogP contribution in [0.2, 0.25) is 0 Å². The van der Waals surface area contributed by atoms with E-state index in [0.717, 1.165) is 55.9 Å². The third-order valence-corrected chi connectivity index (χ3v) is 5.51. The summed E-state index contributed by atoms with van der Waals surface area (Å²) in [7, 11) is 0. The van der Waals surface area contributed by atoms with Crippen molar-refractivity contribution >= 4 is 12.4 Å². The summed E-state index contributed by atoms with van der Waals surface area (Å²) < 4.78 is 38.3. The second kappa shape index (κ2) is 11.0. The van der Waals surface area contributed by atoms with E-state index in [2.05, 4.69) is 29.3 Å². The molecule has 0 bridgehead atoms. The molecule has 1 aliphatic heterocycles. The second-order valence-electron chi connectivity index (χ2n) is 7.49. The molecule has 160 valence electrons. The Labute approximate surface area is 177 Å². The normalized spacial score (nSPS) is 16.3. The Morgan fingerprint density at radius 2 is 1.45 bits per heavy atom. The Kier molecular flexibility index (Phi) is 9.00. The molecular formula is C23H30ClF3N2. The average Bonchev–Trinajstić information content (AvgIpc) is 2.72. The van der Waals surface area contributed by atoms with Gasteiger partial charge in [-0.15, -0.1) is 12.4 Å². The molecule has 2 nitrogen and oxygen atoms in total. The number of nitrogens with one attached hydrogen (secondary N) is 1. The maximum atomic E-state index is 12.8. The predicted octanol–water partition coefficient (Wildman–Crippen LogP) is 6.32. The van der Waals surface area contributed by atoms with Crippen LogP contribution in [0.15, 0.2) is 48.5 Å². The molecule has 0 saturated carbocycles. The van der Waals surface area contributed by atoms with E-state index in [1.165, 1.54) is 24.8 Å². The fourth-order valence-electron chi connectivity index (χ4n) is 3.89. The molecule has 29 heavy (non-hydrogen) atoms. The monoisotopic (exact) mass is 426 g/mol. The largest absolute Gasteiger partial charge is 0.416 e. The van der Waals surface area contributed by atoms with Gasteiger partial charge in [-0.1, -0.05) is 62.6 Å². The lowest BCUT2D eigenvalue weighted by Crippen LogP contribution is -2.45. The van der Waals surface area contributed by atoms with Crippen molar-refractivity contribution in [1.29, 1.82) is 0 Å². The van der Waals surface area contributed by atoms with E-state index in [-0.39, 0.29) is 12.4 Å². The van der Waals surface area contributed by atoms with Gasteiger partial charge in [0.05, 0.1) is 5.56 Å². The Balaban J connectivity index is 0.00000300. The van der Waals surface area contributed by atoms with Crippen molar-refractivity contribution in [2.75, 3.05) is 26.2 Å². The summed E-state index contributed by atoms with van der Waals surface area (Å²) in [5, 5.41) is 3.41. The number of hydrogen-bond acceptors (Lipinski definition) is 2. The minimum Gasteiger partial charge on any atom is -0.314 e. The Morgan fingerprint density at radius 1 is 0.897 bits per heavy atom. The van der Waals surface area contributed by atoms with E-state index in [9.17, 15) is 13.2 Å². The van der Waals surface area contributed by atoms with Crippen LogP contribution in [0.3, 0.4) is 0 Å². The minimum absolute atomic E-state index is 0. The van der Waals surface area contributed by atoms with Gasteiger partial charge >= 0.3 is 6.18 Å². The van der Waals surface area contributed by atoms with Gasteiger partial charge in [0.25, 0.3) is 0 Å². The standard InChI is InChI=1S/C23H29F3N2.ClH/c1-2-3-4-5-22(28-16-14-27-15-17-28)20-8-6-18(7-9-20)19-10-12-21(13-11-19)23(24,25)26;/h6-13,22,27H,2-5,14-17H2,1H3;1H/t22-;/m0./s1. The Bertz CT molecular complexity index is 723. The number of halogens is 4. The van der Waals surface area contributed by atoms with Gasteiger partial charge in [-0.25, -0.2) is 0 Å². The molecule has 3 rings (SSSR count). The van der Waals surface area contributed by atoms with E-state index < -0.39 is 11.7 Å². The van der Waals surface area contributed by atoms with Crippen LogP contribution < -0.4 is 5.32 Å². The van der Waals surface area contributed by atoms with Crippen LogP contribution in [0.5, 0.6) is 0 Å². The first-order chi connectivity index (χ1) is 13.5. The molecule has 0 aromatic heterocycles. The number of alkyl halides is 3. The van der Waals surface area contributed by atoms with Crippen molar-refractivity contribution in [3.63, 3.8) is 0 Å². The highest BCUT2D eigenvalue weighted by atomic mass is 35.5. The first-order valence-corrected chi connectivity index (χ1v) is 10.2. The van der Waals surface area contributed by atoms with E-state index in [1.807, 2.05) is 12.1 Å². The van der Waals surface area contributed by atoms with Gasteiger partial charge in [0.1, 0.15) is 0 Å². The second-order valence-corrected chi connectivity index (χ2v) is 7.49. The van der Waals surface area contributed by atoms with Gasteiger partial charge in [-0.2, -0.15) is 13.2 Å². The van der Waals surface area contributed by atoms with Crippen molar-refractivity contribution in [2.24, 2.45) is 0 Å². The van der Waals surface area contributed by atoms with Crippen LogP contribution in [-0.4, -0.2) is 31.1 Å². The zero-order chi connectivity index (χ0) is 20.0. The molecule has 1 atom stereocenters. The zero-order valence-electron chi connectivity index (χ0n) is 16.8. The summed E-state index contributed by atoms with van der Waals surface area (Å²) >= 11 is 0. The fourth-order valence-corrected chi connectivity index (χ4v) is 3.89. The van der Waals surface area contributed by atoms with Crippen LogP contribution in [0.1, 0.15) is 49.8 Å². The zero-order valence-corrected chi connectivity index (χ0v) is 17.7. The number of rotatable bonds is 7. The third-order valence-electron chi connectivity index (χ3n) is 5.51. The van der Waals surface area contributed by atoms with Crippen LogP contribution in [-0.2, 0) is 6.18 Å². The SMILES string of the molecule is CCCCC[C@@H](c1ccc(-c2ccc(C(F)(F)F)cc2)cc1)N1CCNCC1.Cl. The smallest absolute Gasteiger partial charge is 0.314 e. The molecular weight excluding hydrogens is 397 g/mol. The molecule has 0 unspecified atom stereocenters. The highest BCUT2D eigenvalue weighted by Gasteiger charge is 2.30. The predicted molar refractivity (Wildman–Crippen MR) is 115 cm³/mol. The fraction of sp³-hybridized carbons (Fsp3) is 0.478. The molecule has 1 heterocycles. The van der Waals surface area contributed by atoms with Crippen LogP contribution in [0.25, 0.3) is 11.1 Å². The molecule has 1 aliphatic rings. The molecule has 2 aromatic carbocycles. The van der Waals surface area contributed by atoms with Gasteiger partial charge in [0.15, 0.2) is 0 Å². The van der Waals surface area contributed by atoms with Gasteiger partial charge in [-0.3, -0.25) is 4.90 Å². The van der Waals surface area contributed by atoms with Crippen LogP contribution >= 0.6 is 12.4 Å². The molecule has 1 N–H and O–H groups in total. The number of nitrogens with zero attached hydrogens (tertiary/aromatic N) is 1. The molecule has 0 amide bonds. The topological polar surface area (TPSA) is 15.3 Å². The van der Waals surface area contributed by atoms with E-state index >= 15 is 0 Å². The van der Waals surface area contributed by atoms with Crippen molar-refractivity contribution in [3.05, 3.63) is 59.7 Å². The Hall–Kier alpha value is -1.56. The molecule has 0 radical (unpaired) electrons. The van der Waals surface area contributed by atoms with Crippen molar-refractivity contribution < 1.29 is 13.2 Å². The molecule has 2 aromatic rings. The lowest BCUT2D eigenvalue weighted by Gasteiger charge is -2.35. The minimum atomic E-state index is -4.29. The van der Waals surface area contributed by atoms with Gasteiger partial charge in [-0.05, 0) is 35.2 Å². The summed E-state index contributed by atoms with van der Waals surface area (Å²) in [6, 6.07) is 14.2. The van der Waals surface area contributed by atoms with Crippen LogP contribution in [0, 0.1) is 0 Å². The highest BCUT2D eigenvalue weighted by Crippen LogP contribution is 2.32. The van der Waals surface area contributed by atoms with E-state index in [0.29, 0.717) is 6.04 Å². The number of hydrogen-bond donors (Lipinski definition) is 1. The first-order valence-electron chi connectivity index (χ1n) is 10.2. The maximum Gasteiger partial charge on any atom is 0.416 e. The third kappa shape index (κ3) is 6.46. The average molecular weight is 427 g/mol. The molecule has 1 saturated heterocycles. The molecule has 1 fully saturated rings.